The van der Waals surface area contributed by atoms with Gasteiger partial charge in [-0.3, -0.25) is 0 Å². The Morgan fingerprint density at radius 1 is 1.38 bits per heavy atom. The summed E-state index contributed by atoms with van der Waals surface area (Å²) in [4.78, 5) is 11.1. The third-order valence-electron chi connectivity index (χ3n) is 3.31. The molecule has 0 radical (unpaired) electrons. The van der Waals surface area contributed by atoms with Crippen LogP contribution in [0.4, 0.5) is 0 Å². The van der Waals surface area contributed by atoms with E-state index in [1.54, 1.807) is 24.4 Å². The van der Waals surface area contributed by atoms with E-state index in [1.165, 1.54) is 0 Å². The molecule has 1 aromatic heterocycles. The molecule has 0 aliphatic heterocycles. The smallest absolute Gasteiger partial charge is 0.335 e. The van der Waals surface area contributed by atoms with E-state index in [4.69, 9.17) is 21.4 Å². The number of halogens is 1. The van der Waals surface area contributed by atoms with Crippen LogP contribution < -0.4 is 0 Å². The highest BCUT2D eigenvalue weighted by Crippen LogP contribution is 2.27. The SMILES string of the molecule is C[Si](C)(C)CCOCn1cc(Cl)c2ccc(C(=O)O)cc21. The van der Waals surface area contributed by atoms with Crippen molar-refractivity contribution in [2.75, 3.05) is 6.61 Å². The van der Waals surface area contributed by atoms with Crippen molar-refractivity contribution in [3.05, 3.63) is 35.0 Å². The number of carboxylic acids is 1. The lowest BCUT2D eigenvalue weighted by atomic mass is 10.2. The number of nitrogens with zero attached hydrogens (tertiary/aromatic N) is 1. The second-order valence-corrected chi connectivity index (χ2v) is 12.4. The Morgan fingerprint density at radius 3 is 2.71 bits per heavy atom. The van der Waals surface area contributed by atoms with E-state index in [-0.39, 0.29) is 5.56 Å². The monoisotopic (exact) mass is 325 g/mol. The number of aromatic nitrogens is 1. The molecule has 4 nitrogen and oxygen atoms in total. The minimum Gasteiger partial charge on any atom is -0.478 e. The first-order valence-corrected chi connectivity index (χ1v) is 11.0. The van der Waals surface area contributed by atoms with Crippen LogP contribution in [0.3, 0.4) is 0 Å². The molecule has 21 heavy (non-hydrogen) atoms. The maximum Gasteiger partial charge on any atom is 0.335 e. The van der Waals surface area contributed by atoms with E-state index in [9.17, 15) is 4.79 Å². The molecular formula is C15H20ClNO3Si. The van der Waals surface area contributed by atoms with Gasteiger partial charge in [0.2, 0.25) is 0 Å². The second-order valence-electron chi connectivity index (χ2n) is 6.33. The number of hydrogen-bond donors (Lipinski definition) is 1. The molecule has 0 fully saturated rings. The van der Waals surface area contributed by atoms with Crippen molar-refractivity contribution in [2.24, 2.45) is 0 Å². The zero-order chi connectivity index (χ0) is 15.6. The summed E-state index contributed by atoms with van der Waals surface area (Å²) in [7, 11) is -1.11. The first-order chi connectivity index (χ1) is 9.78. The molecule has 6 heteroatoms. The van der Waals surface area contributed by atoms with Gasteiger partial charge in [-0.05, 0) is 18.2 Å². The normalized spacial score (nSPS) is 12.0. The predicted molar refractivity (Wildman–Crippen MR) is 88.0 cm³/mol. The first-order valence-electron chi connectivity index (χ1n) is 6.87. The van der Waals surface area contributed by atoms with Crippen molar-refractivity contribution in [3.63, 3.8) is 0 Å². The molecule has 0 saturated heterocycles. The summed E-state index contributed by atoms with van der Waals surface area (Å²) in [6, 6.07) is 6.03. The Labute approximate surface area is 130 Å². The lowest BCUT2D eigenvalue weighted by Gasteiger charge is -2.15. The molecule has 0 spiro atoms. The molecule has 2 rings (SSSR count). The lowest BCUT2D eigenvalue weighted by Crippen LogP contribution is -2.21. The van der Waals surface area contributed by atoms with Crippen molar-refractivity contribution >= 4 is 36.5 Å². The summed E-state index contributed by atoms with van der Waals surface area (Å²) in [5.74, 6) is -0.944. The minimum absolute atomic E-state index is 0.251. The van der Waals surface area contributed by atoms with Gasteiger partial charge < -0.3 is 14.4 Å². The average molecular weight is 326 g/mol. The van der Waals surface area contributed by atoms with Crippen LogP contribution in [0, 0.1) is 0 Å². The van der Waals surface area contributed by atoms with Gasteiger partial charge >= 0.3 is 5.97 Å². The summed E-state index contributed by atoms with van der Waals surface area (Å²) in [5.41, 5.74) is 1.04. The molecule has 1 aromatic carbocycles. The van der Waals surface area contributed by atoms with Crippen molar-refractivity contribution in [1.82, 2.24) is 4.57 Å². The van der Waals surface area contributed by atoms with Crippen LogP contribution in [0.1, 0.15) is 10.4 Å². The summed E-state index contributed by atoms with van der Waals surface area (Å²) in [5, 5.41) is 10.5. The zero-order valence-corrected chi connectivity index (χ0v) is 14.3. The fraction of sp³-hybridized carbons (Fsp3) is 0.400. The van der Waals surface area contributed by atoms with Gasteiger partial charge in [-0.15, -0.1) is 0 Å². The quantitative estimate of drug-likeness (QED) is 0.636. The van der Waals surface area contributed by atoms with Gasteiger partial charge in [0, 0.05) is 26.3 Å². The number of aromatic carboxylic acids is 1. The molecule has 0 saturated carbocycles. The van der Waals surface area contributed by atoms with Crippen LogP contribution in [-0.2, 0) is 11.5 Å². The Hall–Kier alpha value is -1.30. The van der Waals surface area contributed by atoms with Gasteiger partial charge in [0.25, 0.3) is 0 Å². The molecule has 0 amide bonds. The van der Waals surface area contributed by atoms with Gasteiger partial charge in [-0.25, -0.2) is 4.79 Å². The van der Waals surface area contributed by atoms with Crippen LogP contribution in [0.2, 0.25) is 30.7 Å². The third kappa shape index (κ3) is 4.09. The van der Waals surface area contributed by atoms with Gasteiger partial charge in [-0.1, -0.05) is 37.3 Å². The molecule has 0 unspecified atom stereocenters. The third-order valence-corrected chi connectivity index (χ3v) is 5.31. The number of rotatable bonds is 6. The largest absolute Gasteiger partial charge is 0.478 e. The molecule has 0 atom stereocenters. The van der Waals surface area contributed by atoms with Gasteiger partial charge in [0.05, 0.1) is 16.1 Å². The maximum atomic E-state index is 11.1. The van der Waals surface area contributed by atoms with Crippen LogP contribution in [0.15, 0.2) is 24.4 Å². The Kier molecular flexibility index (Phi) is 4.76. The number of ether oxygens (including phenoxy) is 1. The standard InChI is InChI=1S/C15H20ClNO3Si/c1-21(2,3)7-6-20-10-17-9-13(16)12-5-4-11(15(18)19)8-14(12)17/h4-5,8-9H,6-7,10H2,1-3H3,(H,18,19). The van der Waals surface area contributed by atoms with Gasteiger partial charge in [-0.2, -0.15) is 0 Å². The van der Waals surface area contributed by atoms with Crippen LogP contribution in [0.5, 0.6) is 0 Å². The molecule has 1 heterocycles. The number of fused-ring (bicyclic) bond motifs is 1. The highest BCUT2D eigenvalue weighted by molar-refractivity contribution is 6.76. The number of carbonyl (C=O) groups is 1. The van der Waals surface area contributed by atoms with Crippen LogP contribution in [-0.4, -0.2) is 30.3 Å². The number of hydrogen-bond acceptors (Lipinski definition) is 2. The second kappa shape index (κ2) is 6.21. The van der Waals surface area contributed by atoms with Crippen molar-refractivity contribution in [2.45, 2.75) is 32.4 Å². The maximum absolute atomic E-state index is 11.1. The summed E-state index contributed by atoms with van der Waals surface area (Å²) < 4.78 is 7.56. The van der Waals surface area contributed by atoms with E-state index in [0.717, 1.165) is 16.9 Å². The average Bonchev–Trinajstić information content (AvgIpc) is 2.70. The van der Waals surface area contributed by atoms with Crippen molar-refractivity contribution in [1.29, 1.82) is 0 Å². The van der Waals surface area contributed by atoms with Gasteiger partial charge in [0.1, 0.15) is 6.73 Å². The highest BCUT2D eigenvalue weighted by atomic mass is 35.5. The van der Waals surface area contributed by atoms with Crippen molar-refractivity contribution in [3.8, 4) is 0 Å². The topological polar surface area (TPSA) is 51.5 Å². The van der Waals surface area contributed by atoms with Gasteiger partial charge in [0.15, 0.2) is 0 Å². The molecule has 2 aromatic rings. The van der Waals surface area contributed by atoms with Crippen molar-refractivity contribution < 1.29 is 14.6 Å². The molecule has 114 valence electrons. The summed E-state index contributed by atoms with van der Waals surface area (Å²) in [6.07, 6.45) is 1.78. The van der Waals surface area contributed by atoms with E-state index >= 15 is 0 Å². The van der Waals surface area contributed by atoms with Crippen LogP contribution >= 0.6 is 11.6 Å². The van der Waals surface area contributed by atoms with E-state index in [1.807, 2.05) is 4.57 Å². The number of benzene rings is 1. The van der Waals surface area contributed by atoms with E-state index in [2.05, 4.69) is 19.6 Å². The Balaban J connectivity index is 2.15. The zero-order valence-electron chi connectivity index (χ0n) is 12.5. The molecule has 1 N–H and O–H groups in total. The fourth-order valence-corrected chi connectivity index (χ4v) is 3.06. The Bertz CT molecular complexity index is 661. The molecule has 0 aliphatic carbocycles. The highest BCUT2D eigenvalue weighted by Gasteiger charge is 2.13. The summed E-state index contributed by atoms with van der Waals surface area (Å²) >= 11 is 6.18. The lowest BCUT2D eigenvalue weighted by molar-refractivity contribution is 0.0696. The molecule has 0 aliphatic rings. The molecular weight excluding hydrogens is 306 g/mol. The number of carboxylic acid groups (broad SMARTS) is 1. The Morgan fingerprint density at radius 2 is 2.10 bits per heavy atom. The fourth-order valence-electron chi connectivity index (χ4n) is 2.03. The summed E-state index contributed by atoms with van der Waals surface area (Å²) in [6.45, 7) is 8.01. The first kappa shape index (κ1) is 16.1. The predicted octanol–water partition coefficient (Wildman–Crippen LogP) is 4.31. The van der Waals surface area contributed by atoms with Crippen LogP contribution in [0.25, 0.3) is 10.9 Å². The molecule has 0 bridgehead atoms. The van der Waals surface area contributed by atoms with E-state index in [0.29, 0.717) is 18.4 Å². The van der Waals surface area contributed by atoms with E-state index < -0.39 is 14.0 Å². The minimum atomic E-state index is -1.11.